The quantitative estimate of drug-likeness (QED) is 0.783. The van der Waals surface area contributed by atoms with E-state index in [1.165, 1.54) is 18.2 Å². The van der Waals surface area contributed by atoms with Crippen LogP contribution in [0.15, 0.2) is 22.7 Å². The van der Waals surface area contributed by atoms with E-state index >= 15 is 0 Å². The minimum atomic E-state index is -0.388. The zero-order chi connectivity index (χ0) is 12.4. The summed E-state index contributed by atoms with van der Waals surface area (Å²) in [6.07, 6.45) is 2.43. The summed E-state index contributed by atoms with van der Waals surface area (Å²) in [6.45, 7) is 0. The summed E-state index contributed by atoms with van der Waals surface area (Å²) in [6, 6.07) is 4.22. The van der Waals surface area contributed by atoms with E-state index in [0.29, 0.717) is 18.4 Å². The van der Waals surface area contributed by atoms with Crippen LogP contribution in [0.4, 0.5) is 4.39 Å². The Labute approximate surface area is 107 Å². The average Bonchev–Trinajstić information content (AvgIpc) is 2.32. The van der Waals surface area contributed by atoms with E-state index < -0.39 is 0 Å². The minimum absolute atomic E-state index is 0.0567. The smallest absolute Gasteiger partial charge is 0.166 e. The van der Waals surface area contributed by atoms with Gasteiger partial charge in [-0.15, -0.1) is 0 Å². The average molecular weight is 299 g/mol. The molecule has 0 saturated heterocycles. The molecule has 17 heavy (non-hydrogen) atoms. The molecule has 0 spiro atoms. The molecule has 1 fully saturated rings. The van der Waals surface area contributed by atoms with Crippen molar-refractivity contribution in [2.75, 3.05) is 0 Å². The summed E-state index contributed by atoms with van der Waals surface area (Å²) in [7, 11) is 0. The molecule has 0 aliphatic heterocycles. The van der Waals surface area contributed by atoms with Crippen LogP contribution < -0.4 is 0 Å². The van der Waals surface area contributed by atoms with Crippen LogP contribution in [0.3, 0.4) is 0 Å². The number of rotatable bonds is 2. The fourth-order valence-corrected chi connectivity index (χ4v) is 2.51. The van der Waals surface area contributed by atoms with Crippen molar-refractivity contribution in [1.29, 1.82) is 0 Å². The van der Waals surface area contributed by atoms with Gasteiger partial charge in [0.25, 0.3) is 0 Å². The zero-order valence-electron chi connectivity index (χ0n) is 9.21. The third-order valence-corrected chi connectivity index (χ3v) is 3.66. The maximum Gasteiger partial charge on any atom is 0.166 e. The molecule has 1 saturated carbocycles. The number of halogens is 2. The number of Topliss-reactive ketones (excluding diaryl/α,β-unsaturated/α-hetero) is 2. The number of hydrogen-bond acceptors (Lipinski definition) is 2. The second-order valence-electron chi connectivity index (χ2n) is 4.33. The fourth-order valence-electron chi connectivity index (χ4n) is 2.13. The molecule has 4 heteroatoms. The van der Waals surface area contributed by atoms with E-state index in [-0.39, 0.29) is 27.8 Å². The summed E-state index contributed by atoms with van der Waals surface area (Å²) < 4.78 is 13.3. The second-order valence-corrected chi connectivity index (χ2v) is 5.18. The van der Waals surface area contributed by atoms with Gasteiger partial charge in [-0.3, -0.25) is 9.59 Å². The van der Waals surface area contributed by atoms with Crippen molar-refractivity contribution in [2.24, 2.45) is 5.92 Å². The molecule has 1 aromatic rings. The first-order valence-electron chi connectivity index (χ1n) is 5.59. The Hall–Kier alpha value is -1.03. The van der Waals surface area contributed by atoms with Crippen molar-refractivity contribution < 1.29 is 14.0 Å². The Kier molecular flexibility index (Phi) is 3.72. The van der Waals surface area contributed by atoms with Gasteiger partial charge in [0, 0.05) is 24.3 Å². The molecule has 1 aromatic carbocycles. The maximum absolute atomic E-state index is 13.1. The third-order valence-electron chi connectivity index (χ3n) is 3.06. The van der Waals surface area contributed by atoms with E-state index in [1.807, 2.05) is 0 Å². The largest absolute Gasteiger partial charge is 0.300 e. The van der Waals surface area contributed by atoms with Gasteiger partial charge in [0.05, 0.1) is 4.47 Å². The Morgan fingerprint density at radius 3 is 2.82 bits per heavy atom. The van der Waals surface area contributed by atoms with E-state index in [9.17, 15) is 14.0 Å². The number of hydrogen-bond donors (Lipinski definition) is 0. The fraction of sp³-hybridized carbons (Fsp3) is 0.385. The van der Waals surface area contributed by atoms with Crippen LogP contribution in [0.25, 0.3) is 0 Å². The molecule has 2 nitrogen and oxygen atoms in total. The molecular formula is C13H12BrFO2. The highest BCUT2D eigenvalue weighted by atomic mass is 79.9. The van der Waals surface area contributed by atoms with Gasteiger partial charge in [0.1, 0.15) is 11.6 Å². The predicted molar refractivity (Wildman–Crippen MR) is 65.4 cm³/mol. The van der Waals surface area contributed by atoms with Gasteiger partial charge in [-0.1, -0.05) is 0 Å². The highest BCUT2D eigenvalue weighted by Gasteiger charge is 2.26. The standard InChI is InChI=1S/C13H12BrFO2/c14-11-7-9(4-5-12(11)15)13(17)8-2-1-3-10(16)6-8/h4-5,7-8H,1-3,6H2. The zero-order valence-corrected chi connectivity index (χ0v) is 10.8. The molecule has 0 aromatic heterocycles. The maximum atomic E-state index is 13.1. The van der Waals surface area contributed by atoms with Crippen LogP contribution in [0.1, 0.15) is 36.0 Å². The van der Waals surface area contributed by atoms with Crippen LogP contribution in [0, 0.1) is 11.7 Å². The van der Waals surface area contributed by atoms with Crippen molar-refractivity contribution in [1.82, 2.24) is 0 Å². The van der Waals surface area contributed by atoms with Crippen LogP contribution >= 0.6 is 15.9 Å². The summed E-state index contributed by atoms with van der Waals surface area (Å²) in [4.78, 5) is 23.4. The number of carbonyl (C=O) groups excluding carboxylic acids is 2. The van der Waals surface area contributed by atoms with Crippen LogP contribution in [0.5, 0.6) is 0 Å². The lowest BCUT2D eigenvalue weighted by atomic mass is 9.83. The Morgan fingerprint density at radius 1 is 1.41 bits per heavy atom. The first-order valence-corrected chi connectivity index (χ1v) is 6.38. The number of ketones is 2. The third kappa shape index (κ3) is 2.80. The van der Waals surface area contributed by atoms with Crippen LogP contribution in [-0.2, 0) is 4.79 Å². The molecule has 2 rings (SSSR count). The molecule has 90 valence electrons. The molecule has 1 atom stereocenters. The minimum Gasteiger partial charge on any atom is -0.300 e. The van der Waals surface area contributed by atoms with Gasteiger partial charge < -0.3 is 0 Å². The molecule has 1 aliphatic rings. The Bertz CT molecular complexity index is 470. The van der Waals surface area contributed by atoms with Crippen LogP contribution in [0.2, 0.25) is 0 Å². The summed E-state index contributed by atoms with van der Waals surface area (Å²) in [5.41, 5.74) is 0.470. The van der Waals surface area contributed by atoms with E-state index in [0.717, 1.165) is 12.8 Å². The summed E-state index contributed by atoms with van der Waals surface area (Å²) in [5.74, 6) is -0.524. The van der Waals surface area contributed by atoms with Crippen molar-refractivity contribution in [3.8, 4) is 0 Å². The molecule has 0 bridgehead atoms. The Morgan fingerprint density at radius 2 is 2.18 bits per heavy atom. The first kappa shape index (κ1) is 12.4. The topological polar surface area (TPSA) is 34.1 Å². The Balaban J connectivity index is 2.18. The van der Waals surface area contributed by atoms with Crippen molar-refractivity contribution in [3.05, 3.63) is 34.1 Å². The van der Waals surface area contributed by atoms with Gasteiger partial charge in [-0.25, -0.2) is 4.39 Å². The van der Waals surface area contributed by atoms with E-state index in [1.54, 1.807) is 0 Å². The first-order chi connectivity index (χ1) is 8.08. The predicted octanol–water partition coefficient (Wildman–Crippen LogP) is 3.53. The van der Waals surface area contributed by atoms with E-state index in [4.69, 9.17) is 0 Å². The molecule has 0 amide bonds. The highest BCUT2D eigenvalue weighted by molar-refractivity contribution is 9.10. The SMILES string of the molecule is O=C1CCCC(C(=O)c2ccc(F)c(Br)c2)C1. The molecule has 0 radical (unpaired) electrons. The molecular weight excluding hydrogens is 287 g/mol. The number of benzene rings is 1. The lowest BCUT2D eigenvalue weighted by Gasteiger charge is -2.19. The van der Waals surface area contributed by atoms with Gasteiger partial charge in [-0.05, 0) is 47.0 Å². The van der Waals surface area contributed by atoms with Gasteiger partial charge >= 0.3 is 0 Å². The van der Waals surface area contributed by atoms with E-state index in [2.05, 4.69) is 15.9 Å². The molecule has 0 heterocycles. The lowest BCUT2D eigenvalue weighted by molar-refractivity contribution is -0.121. The lowest BCUT2D eigenvalue weighted by Crippen LogP contribution is -2.23. The van der Waals surface area contributed by atoms with Crippen molar-refractivity contribution in [3.63, 3.8) is 0 Å². The van der Waals surface area contributed by atoms with Gasteiger partial charge in [-0.2, -0.15) is 0 Å². The summed E-state index contributed by atoms with van der Waals surface area (Å²) >= 11 is 3.06. The molecule has 1 aliphatic carbocycles. The summed E-state index contributed by atoms with van der Waals surface area (Å²) in [5, 5.41) is 0. The van der Waals surface area contributed by atoms with Gasteiger partial charge in [0.2, 0.25) is 0 Å². The molecule has 0 N–H and O–H groups in total. The van der Waals surface area contributed by atoms with Crippen molar-refractivity contribution >= 4 is 27.5 Å². The van der Waals surface area contributed by atoms with Crippen molar-refractivity contribution in [2.45, 2.75) is 25.7 Å². The molecule has 1 unspecified atom stereocenters. The van der Waals surface area contributed by atoms with Crippen LogP contribution in [-0.4, -0.2) is 11.6 Å². The number of carbonyl (C=O) groups is 2. The normalized spacial score (nSPS) is 20.4. The second kappa shape index (κ2) is 5.08. The monoisotopic (exact) mass is 298 g/mol. The van der Waals surface area contributed by atoms with Gasteiger partial charge in [0.15, 0.2) is 5.78 Å². The highest BCUT2D eigenvalue weighted by Crippen LogP contribution is 2.26.